The highest BCUT2D eigenvalue weighted by atomic mass is 16.4. The van der Waals surface area contributed by atoms with E-state index < -0.39 is 5.97 Å². The van der Waals surface area contributed by atoms with Crippen LogP contribution < -0.4 is 5.32 Å². The van der Waals surface area contributed by atoms with Crippen LogP contribution in [0.5, 0.6) is 0 Å². The molecule has 0 spiro atoms. The molecule has 1 atom stereocenters. The van der Waals surface area contributed by atoms with Crippen LogP contribution in [0.15, 0.2) is 24.5 Å². The van der Waals surface area contributed by atoms with Crippen LogP contribution in [0.2, 0.25) is 0 Å². The van der Waals surface area contributed by atoms with Gasteiger partial charge in [-0.25, -0.2) is 0 Å². The number of carboxylic acids is 1. The Labute approximate surface area is 108 Å². The largest absolute Gasteiger partial charge is 0.481 e. The lowest BCUT2D eigenvalue weighted by atomic mass is 10.0. The molecule has 1 heterocycles. The quantitative estimate of drug-likeness (QED) is 0.659. The zero-order chi connectivity index (χ0) is 13.2. The number of aliphatic carboxylic acids is 1. The van der Waals surface area contributed by atoms with Gasteiger partial charge in [-0.1, -0.05) is 13.0 Å². The van der Waals surface area contributed by atoms with Crippen LogP contribution in [0.25, 0.3) is 0 Å². The van der Waals surface area contributed by atoms with E-state index in [-0.39, 0.29) is 6.42 Å². The molecule has 100 valence electrons. The van der Waals surface area contributed by atoms with Gasteiger partial charge >= 0.3 is 5.97 Å². The normalized spacial score (nSPS) is 12.3. The zero-order valence-electron chi connectivity index (χ0n) is 10.9. The Balaban J connectivity index is 2.00. The third-order valence-corrected chi connectivity index (χ3v) is 2.98. The van der Waals surface area contributed by atoms with E-state index in [1.807, 2.05) is 12.3 Å². The Morgan fingerprint density at radius 1 is 1.44 bits per heavy atom. The third kappa shape index (κ3) is 7.01. The van der Waals surface area contributed by atoms with Crippen LogP contribution in [0, 0.1) is 5.92 Å². The smallest absolute Gasteiger partial charge is 0.303 e. The summed E-state index contributed by atoms with van der Waals surface area (Å²) in [7, 11) is 0. The number of nitrogens with zero attached hydrogens (tertiary/aromatic N) is 1. The van der Waals surface area contributed by atoms with E-state index >= 15 is 0 Å². The Hall–Kier alpha value is -1.42. The molecule has 0 saturated carbocycles. The van der Waals surface area contributed by atoms with E-state index in [9.17, 15) is 4.79 Å². The fraction of sp³-hybridized carbons (Fsp3) is 0.571. The van der Waals surface area contributed by atoms with E-state index in [2.05, 4.69) is 23.3 Å². The van der Waals surface area contributed by atoms with Gasteiger partial charge in [0.25, 0.3) is 0 Å². The number of carbonyl (C=O) groups is 1. The summed E-state index contributed by atoms with van der Waals surface area (Å²) in [5.74, 6) is -0.238. The highest BCUT2D eigenvalue weighted by molar-refractivity contribution is 5.66. The number of rotatable bonds is 9. The van der Waals surface area contributed by atoms with E-state index in [0.717, 1.165) is 32.4 Å². The van der Waals surface area contributed by atoms with Gasteiger partial charge in [-0.05, 0) is 49.9 Å². The number of aromatic nitrogens is 1. The molecule has 0 aliphatic heterocycles. The molecule has 0 saturated heterocycles. The minimum atomic E-state index is -0.702. The minimum Gasteiger partial charge on any atom is -0.481 e. The Morgan fingerprint density at radius 2 is 2.28 bits per heavy atom. The molecule has 1 aromatic rings. The first-order chi connectivity index (χ1) is 8.68. The second-order valence-corrected chi connectivity index (χ2v) is 4.69. The predicted octanol–water partition coefficient (Wildman–Crippen LogP) is 2.10. The van der Waals surface area contributed by atoms with Crippen LogP contribution in [-0.4, -0.2) is 29.1 Å². The van der Waals surface area contributed by atoms with Gasteiger partial charge in [0.05, 0.1) is 0 Å². The molecule has 0 amide bonds. The molecule has 1 aromatic heterocycles. The monoisotopic (exact) mass is 250 g/mol. The molecule has 4 nitrogen and oxygen atoms in total. The van der Waals surface area contributed by atoms with Crippen LogP contribution >= 0.6 is 0 Å². The van der Waals surface area contributed by atoms with Crippen LogP contribution in [-0.2, 0) is 11.2 Å². The average molecular weight is 250 g/mol. The maximum atomic E-state index is 10.4. The van der Waals surface area contributed by atoms with E-state index in [1.54, 1.807) is 6.20 Å². The van der Waals surface area contributed by atoms with Crippen LogP contribution in [0.3, 0.4) is 0 Å². The van der Waals surface area contributed by atoms with Crippen molar-refractivity contribution in [3.8, 4) is 0 Å². The van der Waals surface area contributed by atoms with Crippen molar-refractivity contribution in [3.63, 3.8) is 0 Å². The van der Waals surface area contributed by atoms with Crippen molar-refractivity contribution in [2.24, 2.45) is 5.92 Å². The maximum Gasteiger partial charge on any atom is 0.303 e. The summed E-state index contributed by atoms with van der Waals surface area (Å²) in [4.78, 5) is 14.5. The van der Waals surface area contributed by atoms with Crippen molar-refractivity contribution < 1.29 is 9.90 Å². The first kappa shape index (κ1) is 14.6. The average Bonchev–Trinajstić information content (AvgIpc) is 2.37. The Bertz CT molecular complexity index is 341. The minimum absolute atomic E-state index is 0.275. The fourth-order valence-corrected chi connectivity index (χ4v) is 1.77. The molecule has 1 unspecified atom stereocenters. The third-order valence-electron chi connectivity index (χ3n) is 2.98. The number of hydrogen-bond donors (Lipinski definition) is 2. The summed E-state index contributed by atoms with van der Waals surface area (Å²) in [5, 5.41) is 12.0. The van der Waals surface area contributed by atoms with Crippen molar-refractivity contribution in [2.45, 2.75) is 32.6 Å². The van der Waals surface area contributed by atoms with Gasteiger partial charge in [0, 0.05) is 18.8 Å². The van der Waals surface area contributed by atoms with Crippen molar-refractivity contribution in [1.29, 1.82) is 0 Å². The fourth-order valence-electron chi connectivity index (χ4n) is 1.77. The molecule has 0 bridgehead atoms. The van der Waals surface area contributed by atoms with E-state index in [1.165, 1.54) is 5.56 Å². The van der Waals surface area contributed by atoms with Gasteiger partial charge in [0.2, 0.25) is 0 Å². The van der Waals surface area contributed by atoms with E-state index in [0.29, 0.717) is 5.92 Å². The highest BCUT2D eigenvalue weighted by Gasteiger charge is 2.04. The second-order valence-electron chi connectivity index (χ2n) is 4.69. The Morgan fingerprint density at radius 3 is 2.94 bits per heavy atom. The zero-order valence-corrected chi connectivity index (χ0v) is 10.9. The number of hydrogen-bond acceptors (Lipinski definition) is 3. The SMILES string of the molecule is CC(CCNCCc1cccnc1)CCC(=O)O. The molecule has 0 aromatic carbocycles. The first-order valence-electron chi connectivity index (χ1n) is 6.50. The van der Waals surface area contributed by atoms with Crippen molar-refractivity contribution in [3.05, 3.63) is 30.1 Å². The standard InChI is InChI=1S/C14H22N2O2/c1-12(4-5-14(17)18)6-9-15-10-7-13-3-2-8-16-11-13/h2-3,8,11-12,15H,4-7,9-10H2,1H3,(H,17,18). The second kappa shape index (κ2) is 8.64. The van der Waals surface area contributed by atoms with Gasteiger partial charge in [-0.15, -0.1) is 0 Å². The molecule has 4 heteroatoms. The molecule has 1 rings (SSSR count). The molecule has 0 radical (unpaired) electrons. The number of carboxylic acid groups (broad SMARTS) is 1. The molecule has 0 aliphatic rings. The van der Waals surface area contributed by atoms with Crippen LogP contribution in [0.1, 0.15) is 31.7 Å². The van der Waals surface area contributed by atoms with Gasteiger partial charge in [0.1, 0.15) is 0 Å². The summed E-state index contributed by atoms with van der Waals surface area (Å²) in [6.45, 7) is 3.99. The van der Waals surface area contributed by atoms with Gasteiger partial charge in [-0.3, -0.25) is 9.78 Å². The van der Waals surface area contributed by atoms with Crippen molar-refractivity contribution >= 4 is 5.97 Å². The van der Waals surface area contributed by atoms with E-state index in [4.69, 9.17) is 5.11 Å². The summed E-state index contributed by atoms with van der Waals surface area (Å²) in [5.41, 5.74) is 1.24. The lowest BCUT2D eigenvalue weighted by molar-refractivity contribution is -0.137. The topological polar surface area (TPSA) is 62.2 Å². The van der Waals surface area contributed by atoms with Gasteiger partial charge < -0.3 is 10.4 Å². The summed E-state index contributed by atoms with van der Waals surface area (Å²) in [6.07, 6.45) is 6.71. The first-order valence-corrected chi connectivity index (χ1v) is 6.50. The molecular formula is C14H22N2O2. The molecule has 0 aliphatic carbocycles. The number of nitrogens with one attached hydrogen (secondary N) is 1. The number of pyridine rings is 1. The predicted molar refractivity (Wildman–Crippen MR) is 71.5 cm³/mol. The molecule has 18 heavy (non-hydrogen) atoms. The maximum absolute atomic E-state index is 10.4. The van der Waals surface area contributed by atoms with Crippen molar-refractivity contribution in [2.75, 3.05) is 13.1 Å². The molecule has 0 fully saturated rings. The van der Waals surface area contributed by atoms with Crippen molar-refractivity contribution in [1.82, 2.24) is 10.3 Å². The summed E-state index contributed by atoms with van der Waals surface area (Å²) in [6, 6.07) is 4.02. The van der Waals surface area contributed by atoms with Gasteiger partial charge in [-0.2, -0.15) is 0 Å². The lowest BCUT2D eigenvalue weighted by Crippen LogP contribution is -2.20. The van der Waals surface area contributed by atoms with Gasteiger partial charge in [0.15, 0.2) is 0 Å². The molecule has 2 N–H and O–H groups in total. The molecular weight excluding hydrogens is 228 g/mol. The summed E-state index contributed by atoms with van der Waals surface area (Å²) < 4.78 is 0. The lowest BCUT2D eigenvalue weighted by Gasteiger charge is -2.10. The van der Waals surface area contributed by atoms with Crippen LogP contribution in [0.4, 0.5) is 0 Å². The summed E-state index contributed by atoms with van der Waals surface area (Å²) >= 11 is 0. The highest BCUT2D eigenvalue weighted by Crippen LogP contribution is 2.09. The Kier molecular flexibility index (Phi) is 7.03.